The number of fused-ring (bicyclic) bond motifs is 1. The molecule has 2 aliphatic rings. The van der Waals surface area contributed by atoms with E-state index in [1.165, 1.54) is 11.3 Å². The number of nitrogens with zero attached hydrogens (tertiary/aromatic N) is 1. The van der Waals surface area contributed by atoms with Crippen LogP contribution in [0.15, 0.2) is 41.8 Å². The van der Waals surface area contributed by atoms with Crippen LogP contribution >= 0.6 is 11.3 Å². The van der Waals surface area contributed by atoms with Gasteiger partial charge >= 0.3 is 0 Å². The first-order valence-electron chi connectivity index (χ1n) is 8.47. The van der Waals surface area contributed by atoms with Crippen molar-refractivity contribution in [3.8, 4) is 11.5 Å². The molecule has 2 atom stereocenters. The Balaban J connectivity index is 1.48. The van der Waals surface area contributed by atoms with Crippen molar-refractivity contribution in [2.45, 2.75) is 17.8 Å². The summed E-state index contributed by atoms with van der Waals surface area (Å²) in [5.74, 6) is 0.899. The molecule has 0 radical (unpaired) electrons. The Morgan fingerprint density at radius 2 is 1.92 bits per heavy atom. The average molecular weight is 393 g/mol. The fourth-order valence-electron chi connectivity index (χ4n) is 3.30. The number of amides is 1. The Hall–Kier alpha value is -2.06. The van der Waals surface area contributed by atoms with Crippen LogP contribution in [0.4, 0.5) is 0 Å². The van der Waals surface area contributed by atoms with Crippen LogP contribution in [0, 0.1) is 0 Å². The Kier molecular flexibility index (Phi) is 4.62. The summed E-state index contributed by atoms with van der Waals surface area (Å²) in [5, 5.41) is 1.34. The predicted octanol–water partition coefficient (Wildman–Crippen LogP) is 2.28. The smallest absolute Gasteiger partial charge is 0.267 e. The van der Waals surface area contributed by atoms with Crippen molar-refractivity contribution in [2.24, 2.45) is 0 Å². The van der Waals surface area contributed by atoms with Crippen LogP contribution in [0.25, 0.3) is 0 Å². The standard InChI is InChI=1S/C18H19NO5S2/c20-18(15-12-23-13-4-1-2-5-14(13)24-15)19-8-7-17(16-6-3-10-25-16)26(21,22)11-9-19/h1-6,10,15,17H,7-9,11-12H2/t15-,17-/m0/s1. The Morgan fingerprint density at radius 3 is 2.69 bits per heavy atom. The lowest BCUT2D eigenvalue weighted by Gasteiger charge is -2.30. The number of ether oxygens (including phenoxy) is 2. The zero-order chi connectivity index (χ0) is 18.1. The molecule has 1 aromatic heterocycles. The molecule has 1 saturated heterocycles. The van der Waals surface area contributed by atoms with Gasteiger partial charge in [-0.2, -0.15) is 0 Å². The van der Waals surface area contributed by atoms with Crippen molar-refractivity contribution in [3.05, 3.63) is 46.7 Å². The quantitative estimate of drug-likeness (QED) is 0.783. The van der Waals surface area contributed by atoms with Crippen LogP contribution in [0.1, 0.15) is 16.5 Å². The summed E-state index contributed by atoms with van der Waals surface area (Å²) in [6.45, 7) is 0.708. The van der Waals surface area contributed by atoms with E-state index >= 15 is 0 Å². The Bertz CT molecular complexity index is 894. The number of carbonyl (C=O) groups is 1. The van der Waals surface area contributed by atoms with Crippen LogP contribution in [-0.2, 0) is 14.6 Å². The Labute approximate surface area is 156 Å². The maximum absolute atomic E-state index is 12.8. The van der Waals surface area contributed by atoms with E-state index in [2.05, 4.69) is 0 Å². The molecule has 6 nitrogen and oxygen atoms in total. The van der Waals surface area contributed by atoms with Crippen LogP contribution in [0.2, 0.25) is 0 Å². The summed E-state index contributed by atoms with van der Waals surface area (Å²) in [7, 11) is -3.28. The Morgan fingerprint density at radius 1 is 1.12 bits per heavy atom. The molecule has 8 heteroatoms. The molecule has 1 amide bonds. The zero-order valence-corrected chi connectivity index (χ0v) is 15.7. The molecule has 0 spiro atoms. The van der Waals surface area contributed by atoms with E-state index in [-0.39, 0.29) is 24.8 Å². The van der Waals surface area contributed by atoms with Crippen molar-refractivity contribution in [1.29, 1.82) is 0 Å². The molecule has 3 heterocycles. The summed E-state index contributed by atoms with van der Waals surface area (Å²) in [6.07, 6.45) is -0.343. The van der Waals surface area contributed by atoms with Crippen molar-refractivity contribution >= 4 is 27.1 Å². The number of hydrogen-bond donors (Lipinski definition) is 0. The van der Waals surface area contributed by atoms with Gasteiger partial charge in [-0.3, -0.25) is 4.79 Å². The third kappa shape index (κ3) is 3.31. The highest BCUT2D eigenvalue weighted by molar-refractivity contribution is 7.91. The topological polar surface area (TPSA) is 72.9 Å². The van der Waals surface area contributed by atoms with E-state index in [1.807, 2.05) is 29.6 Å². The molecule has 26 heavy (non-hydrogen) atoms. The highest BCUT2D eigenvalue weighted by Gasteiger charge is 2.37. The van der Waals surface area contributed by atoms with Gasteiger partial charge in [0, 0.05) is 18.0 Å². The lowest BCUT2D eigenvalue weighted by molar-refractivity contribution is -0.140. The first-order chi connectivity index (χ1) is 12.5. The molecule has 0 bridgehead atoms. The van der Waals surface area contributed by atoms with E-state index in [9.17, 15) is 13.2 Å². The number of carbonyl (C=O) groups excluding carboxylic acids is 1. The third-order valence-corrected chi connectivity index (χ3v) is 7.94. The van der Waals surface area contributed by atoms with Crippen LogP contribution in [0.5, 0.6) is 11.5 Å². The number of hydrogen-bond acceptors (Lipinski definition) is 6. The van der Waals surface area contributed by atoms with Crippen LogP contribution < -0.4 is 9.47 Å². The molecule has 0 N–H and O–H groups in total. The second-order valence-electron chi connectivity index (χ2n) is 6.35. The summed E-state index contributed by atoms with van der Waals surface area (Å²) >= 11 is 1.44. The van der Waals surface area contributed by atoms with Gasteiger partial charge in [0.1, 0.15) is 6.61 Å². The minimum atomic E-state index is -3.28. The van der Waals surface area contributed by atoms with Gasteiger partial charge in [0.2, 0.25) is 6.10 Å². The van der Waals surface area contributed by atoms with E-state index in [4.69, 9.17) is 9.47 Å². The molecule has 2 aromatic rings. The number of thiophene rings is 1. The second kappa shape index (κ2) is 6.92. The van der Waals surface area contributed by atoms with Gasteiger partial charge in [0.15, 0.2) is 21.3 Å². The molecular weight excluding hydrogens is 374 g/mol. The lowest BCUT2D eigenvalue weighted by Crippen LogP contribution is -2.47. The minimum absolute atomic E-state index is 0.0362. The lowest BCUT2D eigenvalue weighted by atomic mass is 10.2. The first kappa shape index (κ1) is 17.4. The maximum Gasteiger partial charge on any atom is 0.267 e. The largest absolute Gasteiger partial charge is 0.485 e. The molecule has 4 rings (SSSR count). The second-order valence-corrected chi connectivity index (χ2v) is 9.63. The van der Waals surface area contributed by atoms with Crippen molar-refractivity contribution in [3.63, 3.8) is 0 Å². The van der Waals surface area contributed by atoms with E-state index in [0.717, 1.165) is 4.88 Å². The van der Waals surface area contributed by atoms with Gasteiger partial charge in [-0.15, -0.1) is 11.3 Å². The number of benzene rings is 1. The van der Waals surface area contributed by atoms with Gasteiger partial charge < -0.3 is 14.4 Å². The first-order valence-corrected chi connectivity index (χ1v) is 11.1. The maximum atomic E-state index is 12.8. The van der Waals surface area contributed by atoms with E-state index in [1.54, 1.807) is 17.0 Å². The molecule has 1 fully saturated rings. The predicted molar refractivity (Wildman–Crippen MR) is 98.4 cm³/mol. The monoisotopic (exact) mass is 393 g/mol. The summed E-state index contributed by atoms with van der Waals surface area (Å²) in [5.41, 5.74) is 0. The summed E-state index contributed by atoms with van der Waals surface area (Å²) in [6, 6.07) is 10.9. The minimum Gasteiger partial charge on any atom is -0.485 e. The van der Waals surface area contributed by atoms with Gasteiger partial charge in [-0.1, -0.05) is 18.2 Å². The zero-order valence-electron chi connectivity index (χ0n) is 14.0. The molecule has 0 unspecified atom stereocenters. The van der Waals surface area contributed by atoms with Crippen LogP contribution in [0.3, 0.4) is 0 Å². The molecule has 1 aromatic carbocycles. The van der Waals surface area contributed by atoms with Crippen molar-refractivity contribution in [1.82, 2.24) is 4.90 Å². The van der Waals surface area contributed by atoms with Crippen molar-refractivity contribution < 1.29 is 22.7 Å². The fraction of sp³-hybridized carbons (Fsp3) is 0.389. The van der Waals surface area contributed by atoms with Gasteiger partial charge in [-0.05, 0) is 30.0 Å². The normalized spacial score (nSPS) is 24.7. The van der Waals surface area contributed by atoms with E-state index in [0.29, 0.717) is 24.5 Å². The average Bonchev–Trinajstić information content (AvgIpc) is 3.12. The molecular formula is C18H19NO5S2. The van der Waals surface area contributed by atoms with Crippen LogP contribution in [-0.4, -0.2) is 50.8 Å². The molecule has 138 valence electrons. The number of sulfone groups is 1. The molecule has 0 aliphatic carbocycles. The number of rotatable bonds is 2. The SMILES string of the molecule is O=C([C@@H]1COc2ccccc2O1)N1CC[C@@H](c2cccs2)S(=O)(=O)CC1. The van der Waals surface area contributed by atoms with Gasteiger partial charge in [-0.25, -0.2) is 8.42 Å². The number of para-hydroxylation sites is 2. The highest BCUT2D eigenvalue weighted by atomic mass is 32.2. The fourth-order valence-corrected chi connectivity index (χ4v) is 6.31. The van der Waals surface area contributed by atoms with E-state index < -0.39 is 21.2 Å². The highest BCUT2D eigenvalue weighted by Crippen LogP contribution is 2.34. The summed E-state index contributed by atoms with van der Waals surface area (Å²) in [4.78, 5) is 15.3. The van der Waals surface area contributed by atoms with Gasteiger partial charge in [0.25, 0.3) is 5.91 Å². The van der Waals surface area contributed by atoms with Gasteiger partial charge in [0.05, 0.1) is 11.0 Å². The molecule has 0 saturated carbocycles. The van der Waals surface area contributed by atoms with Crippen molar-refractivity contribution in [2.75, 3.05) is 25.4 Å². The summed E-state index contributed by atoms with van der Waals surface area (Å²) < 4.78 is 36.6. The third-order valence-electron chi connectivity index (χ3n) is 4.70. The molecule has 2 aliphatic heterocycles.